The van der Waals surface area contributed by atoms with E-state index in [2.05, 4.69) is 15.2 Å². The van der Waals surface area contributed by atoms with E-state index in [1.54, 1.807) is 36.4 Å². The molecule has 0 aromatic heterocycles. The summed E-state index contributed by atoms with van der Waals surface area (Å²) in [4.78, 5) is 25.0. The number of hydrogen-bond acceptors (Lipinski definition) is 7. The average Bonchev–Trinajstić information content (AvgIpc) is 2.94. The third-order valence-electron chi connectivity index (χ3n) is 5.39. The molecule has 2 N–H and O–H groups in total. The fraction of sp³-hybridized carbons (Fsp3) is 0.0357. The molecule has 0 unspecified atom stereocenters. The summed E-state index contributed by atoms with van der Waals surface area (Å²) in [5.74, 6) is -0.699. The fourth-order valence-electron chi connectivity index (χ4n) is 3.38. The number of ether oxygens (including phenoxy) is 2. The van der Waals surface area contributed by atoms with Gasteiger partial charge in [0.2, 0.25) is 0 Å². The first-order valence-corrected chi connectivity index (χ1v) is 13.8. The Labute approximate surface area is 240 Å². The number of esters is 1. The molecule has 0 aliphatic carbocycles. The minimum Gasteiger partial charge on any atom is -0.493 e. The number of halogens is 2. The van der Waals surface area contributed by atoms with Gasteiger partial charge < -0.3 is 9.47 Å². The summed E-state index contributed by atoms with van der Waals surface area (Å²) < 4.78 is 38.2. The van der Waals surface area contributed by atoms with Crippen LogP contribution in [0.1, 0.15) is 26.3 Å². The Morgan fingerprint density at radius 2 is 1.57 bits per heavy atom. The van der Waals surface area contributed by atoms with E-state index in [1.807, 2.05) is 0 Å². The Morgan fingerprint density at radius 1 is 0.875 bits per heavy atom. The summed E-state index contributed by atoms with van der Waals surface area (Å²) in [5, 5.41) is 4.63. The molecular weight excluding hydrogens is 577 g/mol. The molecule has 0 aliphatic heterocycles. The lowest BCUT2D eigenvalue weighted by Gasteiger charge is -2.10. The smallest absolute Gasteiger partial charge is 0.345 e. The molecule has 9 nitrogen and oxygen atoms in total. The zero-order chi connectivity index (χ0) is 28.7. The summed E-state index contributed by atoms with van der Waals surface area (Å²) in [6, 6.07) is 22.8. The number of benzene rings is 4. The lowest BCUT2D eigenvalue weighted by atomic mass is 10.2. The maximum Gasteiger partial charge on any atom is 0.345 e. The average molecular weight is 598 g/mol. The molecular formula is C28H21Cl2N3O6S. The number of hydrazone groups is 1. The first kappa shape index (κ1) is 28.6. The first-order chi connectivity index (χ1) is 19.2. The van der Waals surface area contributed by atoms with Crippen LogP contribution in [0.2, 0.25) is 10.0 Å². The molecule has 0 bridgehead atoms. The highest BCUT2D eigenvalue weighted by Gasteiger charge is 2.16. The van der Waals surface area contributed by atoms with Crippen molar-refractivity contribution in [3.8, 4) is 11.5 Å². The summed E-state index contributed by atoms with van der Waals surface area (Å²) in [5.41, 5.74) is 3.70. The van der Waals surface area contributed by atoms with E-state index in [1.165, 1.54) is 67.9 Å². The van der Waals surface area contributed by atoms with Crippen LogP contribution in [0.25, 0.3) is 0 Å². The van der Waals surface area contributed by atoms with E-state index in [9.17, 15) is 18.0 Å². The maximum atomic E-state index is 12.5. The number of methoxy groups -OCH3 is 1. The van der Waals surface area contributed by atoms with Crippen molar-refractivity contribution in [3.05, 3.63) is 118 Å². The van der Waals surface area contributed by atoms with Gasteiger partial charge in [0.05, 0.1) is 28.8 Å². The van der Waals surface area contributed by atoms with E-state index in [4.69, 9.17) is 32.7 Å². The number of anilines is 1. The molecule has 0 saturated carbocycles. The normalized spacial score (nSPS) is 11.2. The number of amides is 1. The van der Waals surface area contributed by atoms with Gasteiger partial charge >= 0.3 is 5.97 Å². The molecule has 1 amide bonds. The largest absolute Gasteiger partial charge is 0.493 e. The van der Waals surface area contributed by atoms with Crippen LogP contribution in [0, 0.1) is 0 Å². The summed E-state index contributed by atoms with van der Waals surface area (Å²) >= 11 is 11.9. The lowest BCUT2D eigenvalue weighted by Crippen LogP contribution is -2.18. The summed E-state index contributed by atoms with van der Waals surface area (Å²) in [7, 11) is -2.40. The number of hydrogen-bond donors (Lipinski definition) is 2. The van der Waals surface area contributed by atoms with Crippen LogP contribution in [0.5, 0.6) is 11.5 Å². The van der Waals surface area contributed by atoms with E-state index in [0.29, 0.717) is 10.6 Å². The molecule has 0 atom stereocenters. The molecule has 12 heteroatoms. The Balaban J connectivity index is 1.36. The predicted molar refractivity (Wildman–Crippen MR) is 153 cm³/mol. The van der Waals surface area contributed by atoms with Crippen molar-refractivity contribution in [1.29, 1.82) is 0 Å². The van der Waals surface area contributed by atoms with Gasteiger partial charge in [-0.3, -0.25) is 9.52 Å². The summed E-state index contributed by atoms with van der Waals surface area (Å²) in [6.45, 7) is 0. The van der Waals surface area contributed by atoms with Gasteiger partial charge in [0.25, 0.3) is 15.9 Å². The second-order valence-electron chi connectivity index (χ2n) is 8.12. The van der Waals surface area contributed by atoms with Crippen molar-refractivity contribution in [2.75, 3.05) is 11.8 Å². The van der Waals surface area contributed by atoms with Crippen molar-refractivity contribution < 1.29 is 27.5 Å². The van der Waals surface area contributed by atoms with Crippen LogP contribution in [-0.4, -0.2) is 33.6 Å². The molecule has 0 saturated heterocycles. The topological polar surface area (TPSA) is 123 Å². The fourth-order valence-corrected chi connectivity index (χ4v) is 4.78. The standard InChI is InChI=1S/C28H21Cl2N3O6S/c1-38-26-16-18(6-15-25(26)39-28(35)23-4-2-3-5-24(23)30)17-31-32-27(34)19-7-11-21(12-8-19)33-40(36,37)22-13-9-20(29)10-14-22/h2-17,33H,1H3,(H,32,34)/b31-17+. The molecule has 0 radical (unpaired) electrons. The van der Waals surface area contributed by atoms with Gasteiger partial charge in [-0.25, -0.2) is 18.6 Å². The Morgan fingerprint density at radius 3 is 2.25 bits per heavy atom. The second-order valence-corrected chi connectivity index (χ2v) is 10.6. The second kappa shape index (κ2) is 12.6. The van der Waals surface area contributed by atoms with E-state index < -0.39 is 21.9 Å². The molecule has 4 aromatic carbocycles. The van der Waals surface area contributed by atoms with Crippen molar-refractivity contribution in [2.24, 2.45) is 5.10 Å². The molecule has 204 valence electrons. The van der Waals surface area contributed by atoms with Crippen molar-refractivity contribution >= 4 is 57.0 Å². The van der Waals surface area contributed by atoms with Crippen molar-refractivity contribution in [2.45, 2.75) is 4.90 Å². The van der Waals surface area contributed by atoms with E-state index in [0.717, 1.165) is 0 Å². The van der Waals surface area contributed by atoms with E-state index >= 15 is 0 Å². The van der Waals surface area contributed by atoms with Crippen LogP contribution >= 0.6 is 23.2 Å². The number of sulfonamides is 1. The highest BCUT2D eigenvalue weighted by molar-refractivity contribution is 7.92. The number of carbonyl (C=O) groups is 2. The first-order valence-electron chi connectivity index (χ1n) is 11.5. The summed E-state index contributed by atoms with van der Waals surface area (Å²) in [6.07, 6.45) is 1.38. The van der Waals surface area contributed by atoms with Gasteiger partial charge in [0.1, 0.15) is 0 Å². The van der Waals surface area contributed by atoms with Gasteiger partial charge in [0.15, 0.2) is 11.5 Å². The quantitative estimate of drug-likeness (QED) is 0.109. The Kier molecular flexibility index (Phi) is 9.05. The predicted octanol–water partition coefficient (Wildman–Crippen LogP) is 5.79. The minimum atomic E-state index is -3.82. The highest BCUT2D eigenvalue weighted by atomic mass is 35.5. The van der Waals surface area contributed by atoms with Crippen molar-refractivity contribution in [1.82, 2.24) is 5.43 Å². The van der Waals surface area contributed by atoms with Crippen LogP contribution in [0.4, 0.5) is 5.69 Å². The Hall–Kier alpha value is -4.38. The SMILES string of the molecule is COc1cc(/C=N/NC(=O)c2ccc(NS(=O)(=O)c3ccc(Cl)cc3)cc2)ccc1OC(=O)c1ccccc1Cl. The molecule has 4 rings (SSSR count). The zero-order valence-corrected chi connectivity index (χ0v) is 23.1. The molecule has 0 spiro atoms. The third kappa shape index (κ3) is 7.17. The molecule has 0 heterocycles. The molecule has 4 aromatic rings. The Bertz CT molecular complexity index is 1680. The van der Waals surface area contributed by atoms with Gasteiger partial charge in [-0.2, -0.15) is 5.10 Å². The van der Waals surface area contributed by atoms with E-state index in [-0.39, 0.29) is 38.2 Å². The molecule has 0 fully saturated rings. The van der Waals surface area contributed by atoms with Crippen LogP contribution in [0.15, 0.2) is 101 Å². The maximum absolute atomic E-state index is 12.5. The van der Waals surface area contributed by atoms with Crippen LogP contribution in [-0.2, 0) is 10.0 Å². The number of nitrogens with zero attached hydrogens (tertiary/aromatic N) is 1. The third-order valence-corrected chi connectivity index (χ3v) is 7.37. The van der Waals surface area contributed by atoms with Crippen molar-refractivity contribution in [3.63, 3.8) is 0 Å². The zero-order valence-electron chi connectivity index (χ0n) is 20.8. The van der Waals surface area contributed by atoms with Crippen LogP contribution < -0.4 is 19.6 Å². The lowest BCUT2D eigenvalue weighted by molar-refractivity contribution is 0.0729. The number of rotatable bonds is 9. The monoisotopic (exact) mass is 597 g/mol. The van der Waals surface area contributed by atoms with Gasteiger partial charge in [-0.1, -0.05) is 35.3 Å². The molecule has 40 heavy (non-hydrogen) atoms. The molecule has 0 aliphatic rings. The highest BCUT2D eigenvalue weighted by Crippen LogP contribution is 2.29. The minimum absolute atomic E-state index is 0.0523. The number of nitrogens with one attached hydrogen (secondary N) is 2. The van der Waals surface area contributed by atoms with Gasteiger partial charge in [-0.05, 0) is 84.4 Å². The van der Waals surface area contributed by atoms with Gasteiger partial charge in [0, 0.05) is 16.3 Å². The van der Waals surface area contributed by atoms with Gasteiger partial charge in [-0.15, -0.1) is 0 Å². The number of carbonyl (C=O) groups excluding carboxylic acids is 2. The van der Waals surface area contributed by atoms with Crippen LogP contribution in [0.3, 0.4) is 0 Å².